The molecule has 4 atom stereocenters. The van der Waals surface area contributed by atoms with Crippen LogP contribution in [0.1, 0.15) is 12.0 Å². The molecule has 1 aromatic heterocycles. The summed E-state index contributed by atoms with van der Waals surface area (Å²) in [5, 5.41) is 12.6. The van der Waals surface area contributed by atoms with Crippen LogP contribution in [0.3, 0.4) is 0 Å². The topological polar surface area (TPSA) is 80.7 Å². The maximum Gasteiger partial charge on any atom is 0.220 e. The zero-order valence-electron chi connectivity index (χ0n) is 11.1. The van der Waals surface area contributed by atoms with E-state index in [4.69, 9.17) is 9.47 Å². The Balaban J connectivity index is 1.48. The van der Waals surface area contributed by atoms with Crippen LogP contribution >= 0.6 is 0 Å². The lowest BCUT2D eigenvalue weighted by molar-refractivity contribution is -0.122. The molecule has 3 heterocycles. The van der Waals surface area contributed by atoms with Gasteiger partial charge in [-0.05, 0) is 18.1 Å². The third-order valence-corrected chi connectivity index (χ3v) is 3.74. The Bertz CT molecular complexity index is 468. The third kappa shape index (κ3) is 2.82. The summed E-state index contributed by atoms with van der Waals surface area (Å²) < 4.78 is 10.9. The molecule has 3 rings (SSSR count). The Labute approximate surface area is 117 Å². The first-order valence-corrected chi connectivity index (χ1v) is 6.83. The molecule has 0 saturated carbocycles. The minimum atomic E-state index is -0.586. The number of nitrogens with zero attached hydrogens (tertiary/aromatic N) is 1. The van der Waals surface area contributed by atoms with Gasteiger partial charge in [-0.3, -0.25) is 9.78 Å². The fourth-order valence-electron chi connectivity index (χ4n) is 2.69. The van der Waals surface area contributed by atoms with Crippen LogP contribution < -0.4 is 5.32 Å². The number of rotatable bonds is 4. The average Bonchev–Trinajstić information content (AvgIpc) is 3.02. The van der Waals surface area contributed by atoms with Crippen LogP contribution in [0.2, 0.25) is 0 Å². The molecule has 0 aromatic carbocycles. The molecular formula is C14H18N2O4. The first-order chi connectivity index (χ1) is 9.74. The van der Waals surface area contributed by atoms with Gasteiger partial charge in [-0.2, -0.15) is 0 Å². The molecule has 2 N–H and O–H groups in total. The van der Waals surface area contributed by atoms with Gasteiger partial charge in [0.05, 0.1) is 19.3 Å². The number of carbonyl (C=O) groups is 1. The average molecular weight is 278 g/mol. The Morgan fingerprint density at radius 2 is 2.25 bits per heavy atom. The summed E-state index contributed by atoms with van der Waals surface area (Å²) in [4.78, 5) is 16.0. The van der Waals surface area contributed by atoms with E-state index in [1.54, 1.807) is 12.4 Å². The van der Waals surface area contributed by atoms with Crippen LogP contribution in [-0.2, 0) is 20.7 Å². The van der Waals surface area contributed by atoms with Crippen molar-refractivity contribution in [3.8, 4) is 0 Å². The normalized spacial score (nSPS) is 32.0. The number of hydrogen-bond donors (Lipinski definition) is 2. The summed E-state index contributed by atoms with van der Waals surface area (Å²) in [5.74, 6) is -0.0342. The molecule has 6 nitrogen and oxygen atoms in total. The van der Waals surface area contributed by atoms with Crippen molar-refractivity contribution in [2.75, 3.05) is 13.2 Å². The van der Waals surface area contributed by atoms with Crippen molar-refractivity contribution >= 4 is 5.91 Å². The number of amides is 1. The molecule has 0 radical (unpaired) electrons. The van der Waals surface area contributed by atoms with Gasteiger partial charge in [-0.25, -0.2) is 0 Å². The lowest BCUT2D eigenvalue weighted by atomic mass is 10.1. The highest BCUT2D eigenvalue weighted by atomic mass is 16.6. The van der Waals surface area contributed by atoms with Gasteiger partial charge in [0.2, 0.25) is 5.91 Å². The first kappa shape index (κ1) is 13.5. The molecule has 2 aliphatic heterocycles. The molecule has 108 valence electrons. The smallest absolute Gasteiger partial charge is 0.220 e. The summed E-state index contributed by atoms with van der Waals surface area (Å²) >= 11 is 0. The molecule has 1 amide bonds. The van der Waals surface area contributed by atoms with Crippen molar-refractivity contribution in [3.05, 3.63) is 30.1 Å². The number of aliphatic hydroxyl groups is 1. The number of carbonyl (C=O) groups excluding carboxylic acids is 1. The van der Waals surface area contributed by atoms with Crippen LogP contribution in [0, 0.1) is 0 Å². The van der Waals surface area contributed by atoms with E-state index in [0.29, 0.717) is 19.4 Å². The van der Waals surface area contributed by atoms with Crippen molar-refractivity contribution in [2.24, 2.45) is 0 Å². The third-order valence-electron chi connectivity index (χ3n) is 3.74. The van der Waals surface area contributed by atoms with Crippen LogP contribution in [0.25, 0.3) is 0 Å². The second-order valence-corrected chi connectivity index (χ2v) is 5.20. The van der Waals surface area contributed by atoms with Gasteiger partial charge in [0.15, 0.2) is 0 Å². The van der Waals surface area contributed by atoms with Crippen molar-refractivity contribution in [2.45, 2.75) is 37.2 Å². The molecule has 0 spiro atoms. The molecule has 0 aliphatic carbocycles. The summed E-state index contributed by atoms with van der Waals surface area (Å²) in [7, 11) is 0. The molecular weight excluding hydrogens is 260 g/mol. The fraction of sp³-hybridized carbons (Fsp3) is 0.571. The lowest BCUT2D eigenvalue weighted by Gasteiger charge is -2.17. The van der Waals surface area contributed by atoms with Crippen LogP contribution in [-0.4, -0.2) is 53.6 Å². The van der Waals surface area contributed by atoms with E-state index in [-0.39, 0.29) is 30.8 Å². The number of aliphatic hydroxyl groups excluding tert-OH is 1. The highest BCUT2D eigenvalue weighted by Gasteiger charge is 2.47. The van der Waals surface area contributed by atoms with Crippen LogP contribution in [0.4, 0.5) is 0 Å². The van der Waals surface area contributed by atoms with Crippen LogP contribution in [0.15, 0.2) is 24.5 Å². The van der Waals surface area contributed by atoms with Gasteiger partial charge >= 0.3 is 0 Å². The predicted octanol–water partition coefficient (Wildman–Crippen LogP) is -0.343. The van der Waals surface area contributed by atoms with Gasteiger partial charge in [0.1, 0.15) is 18.3 Å². The SMILES string of the molecule is O=C(CCc1cccnc1)N[C@H]1CO[C@H]2[C@@H]1OC[C@@H]2O. The second-order valence-electron chi connectivity index (χ2n) is 5.20. The lowest BCUT2D eigenvalue weighted by Crippen LogP contribution is -2.44. The standard InChI is InChI=1S/C14H18N2O4/c17-11-8-20-13-10(7-19-14(11)13)16-12(18)4-3-9-2-1-5-15-6-9/h1-2,5-6,10-11,13-14,17H,3-4,7-8H2,(H,16,18)/t10-,11-,13+,14+/m0/s1. The quantitative estimate of drug-likeness (QED) is 0.787. The number of nitrogens with one attached hydrogen (secondary N) is 1. The van der Waals surface area contributed by atoms with Crippen molar-refractivity contribution in [1.29, 1.82) is 0 Å². The number of fused-ring (bicyclic) bond motifs is 1. The molecule has 20 heavy (non-hydrogen) atoms. The highest BCUT2D eigenvalue weighted by molar-refractivity contribution is 5.76. The number of aryl methyl sites for hydroxylation is 1. The molecule has 2 saturated heterocycles. The molecule has 2 aliphatic rings. The van der Waals surface area contributed by atoms with E-state index in [0.717, 1.165) is 5.56 Å². The highest BCUT2D eigenvalue weighted by Crippen LogP contribution is 2.26. The first-order valence-electron chi connectivity index (χ1n) is 6.83. The van der Waals surface area contributed by atoms with E-state index < -0.39 is 6.10 Å². The van der Waals surface area contributed by atoms with E-state index in [1.807, 2.05) is 12.1 Å². The zero-order valence-corrected chi connectivity index (χ0v) is 11.1. The minimum Gasteiger partial charge on any atom is -0.388 e. The van der Waals surface area contributed by atoms with Gasteiger partial charge in [0.25, 0.3) is 0 Å². The number of pyridine rings is 1. The maximum absolute atomic E-state index is 11.9. The maximum atomic E-state index is 11.9. The minimum absolute atomic E-state index is 0.0342. The summed E-state index contributed by atoms with van der Waals surface area (Å²) in [6.07, 6.45) is 3.41. The summed E-state index contributed by atoms with van der Waals surface area (Å²) in [5.41, 5.74) is 1.04. The predicted molar refractivity (Wildman–Crippen MR) is 70.0 cm³/mol. The second kappa shape index (κ2) is 5.87. The molecule has 1 aromatic rings. The van der Waals surface area contributed by atoms with Gasteiger partial charge in [0, 0.05) is 18.8 Å². The molecule has 2 fully saturated rings. The number of aromatic nitrogens is 1. The van der Waals surface area contributed by atoms with Gasteiger partial charge in [-0.15, -0.1) is 0 Å². The Kier molecular flexibility index (Phi) is 3.95. The monoisotopic (exact) mass is 278 g/mol. The Morgan fingerprint density at radius 1 is 1.40 bits per heavy atom. The number of ether oxygens (including phenoxy) is 2. The van der Waals surface area contributed by atoms with Gasteiger partial charge in [-0.1, -0.05) is 6.07 Å². The van der Waals surface area contributed by atoms with E-state index in [1.165, 1.54) is 0 Å². The van der Waals surface area contributed by atoms with E-state index in [9.17, 15) is 9.90 Å². The largest absolute Gasteiger partial charge is 0.388 e. The van der Waals surface area contributed by atoms with E-state index >= 15 is 0 Å². The Morgan fingerprint density at radius 3 is 3.05 bits per heavy atom. The van der Waals surface area contributed by atoms with E-state index in [2.05, 4.69) is 10.3 Å². The summed E-state index contributed by atoms with van der Waals surface area (Å²) in [6, 6.07) is 3.64. The van der Waals surface area contributed by atoms with Crippen molar-refractivity contribution < 1.29 is 19.4 Å². The van der Waals surface area contributed by atoms with Gasteiger partial charge < -0.3 is 19.9 Å². The van der Waals surface area contributed by atoms with Crippen LogP contribution in [0.5, 0.6) is 0 Å². The zero-order chi connectivity index (χ0) is 13.9. The van der Waals surface area contributed by atoms with Crippen molar-refractivity contribution in [1.82, 2.24) is 10.3 Å². The molecule has 0 bridgehead atoms. The number of hydrogen-bond acceptors (Lipinski definition) is 5. The molecule has 0 unspecified atom stereocenters. The fourth-order valence-corrected chi connectivity index (χ4v) is 2.69. The summed E-state index contributed by atoms with van der Waals surface area (Å²) in [6.45, 7) is 0.669. The Hall–Kier alpha value is -1.50. The molecule has 6 heteroatoms. The van der Waals surface area contributed by atoms with Crippen molar-refractivity contribution in [3.63, 3.8) is 0 Å².